The molecule has 0 bridgehead atoms. The zero-order chi connectivity index (χ0) is 11.4. The Hall–Kier alpha value is -1.05. The highest BCUT2D eigenvalue weighted by atomic mass is 16.5. The lowest BCUT2D eigenvalue weighted by molar-refractivity contribution is -0.0327. The second-order valence-electron chi connectivity index (χ2n) is 3.97. The standard InChI is InChI=1S/C9H17N5O2/c1-10-5-8-11-12-13-14(8)6-9(15-2)3-4-16-7-9/h10H,3-7H2,1-2H3. The van der Waals surface area contributed by atoms with Crippen LogP contribution in [0.25, 0.3) is 0 Å². The van der Waals surface area contributed by atoms with Crippen LogP contribution in [-0.2, 0) is 22.6 Å². The van der Waals surface area contributed by atoms with Crippen molar-refractivity contribution in [2.24, 2.45) is 0 Å². The van der Waals surface area contributed by atoms with Crippen LogP contribution in [0.5, 0.6) is 0 Å². The van der Waals surface area contributed by atoms with Gasteiger partial charge in [-0.1, -0.05) is 0 Å². The zero-order valence-electron chi connectivity index (χ0n) is 9.64. The molecule has 1 N–H and O–H groups in total. The molecule has 1 unspecified atom stereocenters. The number of hydrogen-bond acceptors (Lipinski definition) is 6. The van der Waals surface area contributed by atoms with Crippen molar-refractivity contribution >= 4 is 0 Å². The van der Waals surface area contributed by atoms with E-state index in [0.29, 0.717) is 19.7 Å². The van der Waals surface area contributed by atoms with Crippen molar-refractivity contribution in [2.45, 2.75) is 25.1 Å². The molecule has 2 rings (SSSR count). The van der Waals surface area contributed by atoms with E-state index in [0.717, 1.165) is 18.9 Å². The average molecular weight is 227 g/mol. The van der Waals surface area contributed by atoms with Gasteiger partial charge in [-0.3, -0.25) is 0 Å². The van der Waals surface area contributed by atoms with Gasteiger partial charge in [-0.15, -0.1) is 5.10 Å². The molecule has 7 heteroatoms. The van der Waals surface area contributed by atoms with Crippen molar-refractivity contribution in [3.8, 4) is 0 Å². The number of hydrogen-bond donors (Lipinski definition) is 1. The van der Waals surface area contributed by atoms with E-state index in [9.17, 15) is 0 Å². The fourth-order valence-electron chi connectivity index (χ4n) is 1.84. The van der Waals surface area contributed by atoms with Gasteiger partial charge in [0.15, 0.2) is 5.82 Å². The summed E-state index contributed by atoms with van der Waals surface area (Å²) in [5.74, 6) is 0.811. The van der Waals surface area contributed by atoms with Gasteiger partial charge in [0.25, 0.3) is 0 Å². The Bertz CT molecular complexity index is 334. The minimum absolute atomic E-state index is 0.280. The van der Waals surface area contributed by atoms with E-state index in [1.54, 1.807) is 11.8 Å². The lowest BCUT2D eigenvalue weighted by Crippen LogP contribution is -2.38. The number of ether oxygens (including phenoxy) is 2. The smallest absolute Gasteiger partial charge is 0.165 e. The number of rotatable bonds is 5. The third-order valence-electron chi connectivity index (χ3n) is 2.88. The van der Waals surface area contributed by atoms with Gasteiger partial charge in [0.2, 0.25) is 0 Å². The SMILES string of the molecule is CNCc1nnnn1CC1(OC)CCOC1. The van der Waals surface area contributed by atoms with E-state index < -0.39 is 0 Å². The van der Waals surface area contributed by atoms with Crippen molar-refractivity contribution in [3.05, 3.63) is 5.82 Å². The minimum atomic E-state index is -0.280. The summed E-state index contributed by atoms with van der Waals surface area (Å²) in [6.07, 6.45) is 0.877. The monoisotopic (exact) mass is 227 g/mol. The largest absolute Gasteiger partial charge is 0.378 e. The number of nitrogens with zero attached hydrogens (tertiary/aromatic N) is 4. The maximum Gasteiger partial charge on any atom is 0.165 e. The Morgan fingerprint density at radius 1 is 1.62 bits per heavy atom. The number of nitrogens with one attached hydrogen (secondary N) is 1. The summed E-state index contributed by atoms with van der Waals surface area (Å²) in [6.45, 7) is 2.61. The quantitative estimate of drug-likeness (QED) is 0.709. The summed E-state index contributed by atoms with van der Waals surface area (Å²) in [5, 5.41) is 14.6. The summed E-state index contributed by atoms with van der Waals surface area (Å²) < 4.78 is 12.7. The van der Waals surface area contributed by atoms with Crippen LogP contribution < -0.4 is 5.32 Å². The molecule has 90 valence electrons. The van der Waals surface area contributed by atoms with Gasteiger partial charge in [0, 0.05) is 20.1 Å². The molecule has 0 saturated carbocycles. The molecule has 1 aliphatic rings. The van der Waals surface area contributed by atoms with Crippen LogP contribution in [0.2, 0.25) is 0 Å². The van der Waals surface area contributed by atoms with E-state index in [1.165, 1.54) is 0 Å². The lowest BCUT2D eigenvalue weighted by atomic mass is 10.0. The fourth-order valence-corrected chi connectivity index (χ4v) is 1.84. The first-order chi connectivity index (χ1) is 7.79. The normalized spacial score (nSPS) is 25.1. The Morgan fingerprint density at radius 3 is 3.12 bits per heavy atom. The number of methoxy groups -OCH3 is 1. The Morgan fingerprint density at radius 2 is 2.50 bits per heavy atom. The van der Waals surface area contributed by atoms with Crippen molar-refractivity contribution < 1.29 is 9.47 Å². The average Bonchev–Trinajstić information content (AvgIpc) is 2.91. The van der Waals surface area contributed by atoms with E-state index in [2.05, 4.69) is 20.8 Å². The van der Waals surface area contributed by atoms with Gasteiger partial charge in [0.1, 0.15) is 5.60 Å². The third-order valence-corrected chi connectivity index (χ3v) is 2.88. The van der Waals surface area contributed by atoms with Crippen LogP contribution in [0.1, 0.15) is 12.2 Å². The van der Waals surface area contributed by atoms with Crippen molar-refractivity contribution in [3.63, 3.8) is 0 Å². The van der Waals surface area contributed by atoms with Crippen molar-refractivity contribution in [2.75, 3.05) is 27.4 Å². The molecule has 0 aliphatic carbocycles. The molecule has 0 radical (unpaired) electrons. The molecule has 1 saturated heterocycles. The predicted molar refractivity (Wildman–Crippen MR) is 55.8 cm³/mol. The molecule has 0 spiro atoms. The predicted octanol–water partition coefficient (Wildman–Crippen LogP) is -0.802. The second-order valence-corrected chi connectivity index (χ2v) is 3.97. The summed E-state index contributed by atoms with van der Waals surface area (Å²) in [7, 11) is 3.57. The van der Waals surface area contributed by atoms with Crippen LogP contribution in [0.4, 0.5) is 0 Å². The van der Waals surface area contributed by atoms with Crippen molar-refractivity contribution in [1.29, 1.82) is 0 Å². The molecule has 16 heavy (non-hydrogen) atoms. The number of aromatic nitrogens is 4. The van der Waals surface area contributed by atoms with Gasteiger partial charge in [-0.2, -0.15) is 0 Å². The van der Waals surface area contributed by atoms with Crippen LogP contribution >= 0.6 is 0 Å². The van der Waals surface area contributed by atoms with E-state index in [-0.39, 0.29) is 5.60 Å². The van der Waals surface area contributed by atoms with Gasteiger partial charge >= 0.3 is 0 Å². The van der Waals surface area contributed by atoms with Crippen LogP contribution in [0.15, 0.2) is 0 Å². The highest BCUT2D eigenvalue weighted by molar-refractivity contribution is 4.88. The number of tetrazole rings is 1. The fraction of sp³-hybridized carbons (Fsp3) is 0.889. The molecule has 1 aliphatic heterocycles. The molecule has 1 aromatic rings. The maximum atomic E-state index is 5.54. The Balaban J connectivity index is 2.09. The molecular weight excluding hydrogens is 210 g/mol. The molecular formula is C9H17N5O2. The van der Waals surface area contributed by atoms with Gasteiger partial charge in [0.05, 0.1) is 19.7 Å². The van der Waals surface area contributed by atoms with E-state index >= 15 is 0 Å². The van der Waals surface area contributed by atoms with Gasteiger partial charge in [-0.25, -0.2) is 4.68 Å². The van der Waals surface area contributed by atoms with Gasteiger partial charge < -0.3 is 14.8 Å². The first-order valence-corrected chi connectivity index (χ1v) is 5.32. The molecule has 1 atom stereocenters. The highest BCUT2D eigenvalue weighted by Crippen LogP contribution is 2.24. The first-order valence-electron chi connectivity index (χ1n) is 5.32. The van der Waals surface area contributed by atoms with Crippen molar-refractivity contribution in [1.82, 2.24) is 25.5 Å². The maximum absolute atomic E-state index is 5.54. The third kappa shape index (κ3) is 2.21. The second kappa shape index (κ2) is 4.86. The Labute approximate surface area is 94.1 Å². The van der Waals surface area contributed by atoms with E-state index in [4.69, 9.17) is 9.47 Å². The molecule has 0 amide bonds. The molecule has 1 aromatic heterocycles. The summed E-state index contributed by atoms with van der Waals surface area (Å²) >= 11 is 0. The zero-order valence-corrected chi connectivity index (χ0v) is 9.64. The molecule has 7 nitrogen and oxygen atoms in total. The molecule has 2 heterocycles. The van der Waals surface area contributed by atoms with Gasteiger partial charge in [-0.05, 0) is 17.5 Å². The lowest BCUT2D eigenvalue weighted by Gasteiger charge is -2.25. The minimum Gasteiger partial charge on any atom is -0.378 e. The molecule has 1 fully saturated rings. The topological polar surface area (TPSA) is 74.1 Å². The summed E-state index contributed by atoms with van der Waals surface area (Å²) in [6, 6.07) is 0. The molecule has 0 aromatic carbocycles. The highest BCUT2D eigenvalue weighted by Gasteiger charge is 2.36. The van der Waals surface area contributed by atoms with Crippen LogP contribution in [0.3, 0.4) is 0 Å². The first kappa shape index (κ1) is 11.4. The summed E-state index contributed by atoms with van der Waals surface area (Å²) in [4.78, 5) is 0. The van der Waals surface area contributed by atoms with Crippen LogP contribution in [-0.4, -0.2) is 53.2 Å². The van der Waals surface area contributed by atoms with Crippen LogP contribution in [0, 0.1) is 0 Å². The summed E-state index contributed by atoms with van der Waals surface area (Å²) in [5.41, 5.74) is -0.280. The Kier molecular flexibility index (Phi) is 3.47. The van der Waals surface area contributed by atoms with E-state index in [1.807, 2.05) is 7.05 Å².